The van der Waals surface area contributed by atoms with Crippen LogP contribution in [0.4, 0.5) is 0 Å². The third-order valence-corrected chi connectivity index (χ3v) is 9.04. The van der Waals surface area contributed by atoms with Gasteiger partial charge in [0.1, 0.15) is 18.0 Å². The molecule has 2 saturated carbocycles. The molecule has 4 aliphatic carbocycles. The van der Waals surface area contributed by atoms with Crippen LogP contribution in [0.1, 0.15) is 86.5 Å². The highest BCUT2D eigenvalue weighted by Gasteiger charge is 2.58. The molecule has 2 fully saturated rings. The lowest BCUT2D eigenvalue weighted by Gasteiger charge is -2.54. The summed E-state index contributed by atoms with van der Waals surface area (Å²) in [6, 6.07) is 0. The first-order valence-corrected chi connectivity index (χ1v) is 12.4. The third kappa shape index (κ3) is 4.15. The third-order valence-electron chi connectivity index (χ3n) is 9.04. The highest BCUT2D eigenvalue weighted by Crippen LogP contribution is 2.66. The molecule has 0 amide bonds. The van der Waals surface area contributed by atoms with Gasteiger partial charge in [-0.15, -0.1) is 0 Å². The summed E-state index contributed by atoms with van der Waals surface area (Å²) in [4.78, 5) is 35.4. The molecule has 0 aliphatic heterocycles. The summed E-state index contributed by atoms with van der Waals surface area (Å²) in [6.45, 7) is 11.0. The number of esters is 3. The van der Waals surface area contributed by atoms with E-state index in [1.54, 1.807) is 0 Å². The molecule has 6 heteroatoms. The molecule has 33 heavy (non-hydrogen) atoms. The number of fused-ring (bicyclic) bond motifs is 5. The Bertz CT molecular complexity index is 916. The maximum Gasteiger partial charge on any atom is 0.307 e. The second kappa shape index (κ2) is 8.59. The molecular formula is C27H38O6. The fraction of sp³-hybridized carbons (Fsp3) is 0.741. The average molecular weight is 459 g/mol. The Balaban J connectivity index is 1.73. The Morgan fingerprint density at radius 1 is 1.03 bits per heavy atom. The van der Waals surface area contributed by atoms with Crippen molar-refractivity contribution in [1.82, 2.24) is 0 Å². The van der Waals surface area contributed by atoms with Crippen molar-refractivity contribution in [2.24, 2.45) is 28.6 Å². The summed E-state index contributed by atoms with van der Waals surface area (Å²) in [5.41, 5.74) is 2.32. The van der Waals surface area contributed by atoms with Crippen LogP contribution in [0.5, 0.6) is 0 Å². The molecular weight excluding hydrogens is 420 g/mol. The Morgan fingerprint density at radius 3 is 2.39 bits per heavy atom. The minimum atomic E-state index is -0.291. The minimum Gasteiger partial charge on any atom is -0.463 e. The van der Waals surface area contributed by atoms with Gasteiger partial charge in [-0.25, -0.2) is 0 Å². The normalized spacial score (nSPS) is 38.3. The number of allylic oxidation sites excluding steroid dienone is 4. The molecule has 0 saturated heterocycles. The summed E-state index contributed by atoms with van der Waals surface area (Å²) in [5, 5.41) is 0. The van der Waals surface area contributed by atoms with Gasteiger partial charge in [-0.1, -0.05) is 19.9 Å². The lowest BCUT2D eigenvalue weighted by Crippen LogP contribution is -2.47. The summed E-state index contributed by atoms with van der Waals surface area (Å²) in [5.74, 6) is 0.958. The number of hydrogen-bond donors (Lipinski definition) is 0. The summed E-state index contributed by atoms with van der Waals surface area (Å²) < 4.78 is 17.1. The fourth-order valence-corrected chi connectivity index (χ4v) is 7.72. The highest BCUT2D eigenvalue weighted by molar-refractivity contribution is 5.68. The fourth-order valence-electron chi connectivity index (χ4n) is 7.72. The first-order valence-electron chi connectivity index (χ1n) is 12.4. The van der Waals surface area contributed by atoms with Crippen LogP contribution in [-0.4, -0.2) is 30.1 Å². The van der Waals surface area contributed by atoms with Crippen LogP contribution < -0.4 is 0 Å². The van der Waals surface area contributed by atoms with Crippen molar-refractivity contribution in [2.45, 2.75) is 98.7 Å². The van der Waals surface area contributed by atoms with E-state index in [0.717, 1.165) is 44.3 Å². The van der Waals surface area contributed by atoms with Gasteiger partial charge in [0.15, 0.2) is 0 Å². The van der Waals surface area contributed by atoms with E-state index in [1.165, 1.54) is 31.9 Å². The topological polar surface area (TPSA) is 78.9 Å². The molecule has 0 aromatic heterocycles. The van der Waals surface area contributed by atoms with Crippen LogP contribution in [-0.2, 0) is 28.6 Å². The van der Waals surface area contributed by atoms with Gasteiger partial charge in [0.05, 0.1) is 0 Å². The van der Waals surface area contributed by atoms with Crippen LogP contribution in [0, 0.1) is 28.6 Å². The number of hydrogen-bond acceptors (Lipinski definition) is 6. The SMILES string of the molecule is CC(=O)OC1=C2C(=CCC3CC(OC(C)=O)CCC23C)C2CCC(C(C)OC(C)=O)C2(C)C1. The molecule has 0 aromatic carbocycles. The summed E-state index contributed by atoms with van der Waals surface area (Å²) in [6.07, 6.45) is 8.37. The molecule has 0 bridgehead atoms. The molecule has 4 rings (SSSR count). The molecule has 4 aliphatic rings. The van der Waals surface area contributed by atoms with Crippen molar-refractivity contribution in [3.8, 4) is 0 Å². The van der Waals surface area contributed by atoms with Gasteiger partial charge in [0.2, 0.25) is 0 Å². The number of carbonyl (C=O) groups excluding carboxylic acids is 3. The molecule has 0 spiro atoms. The molecule has 0 N–H and O–H groups in total. The zero-order chi connectivity index (χ0) is 24.1. The Hall–Kier alpha value is -2.11. The van der Waals surface area contributed by atoms with Crippen molar-refractivity contribution >= 4 is 17.9 Å². The van der Waals surface area contributed by atoms with Crippen molar-refractivity contribution in [2.75, 3.05) is 0 Å². The number of carbonyl (C=O) groups is 3. The molecule has 7 atom stereocenters. The maximum atomic E-state index is 12.2. The minimum absolute atomic E-state index is 0.0393. The standard InChI is InChI=1S/C27H38O6/c1-15(31-16(2)28)22-9-10-23-21-8-7-19-13-20(32-17(3)29)11-12-26(19,5)25(21)24(33-18(4)30)14-27(22,23)6/h8,15,19-20,22-23H,7,9-14H2,1-6H3. The molecule has 0 radical (unpaired) electrons. The van der Waals surface area contributed by atoms with E-state index in [1.807, 2.05) is 6.92 Å². The van der Waals surface area contributed by atoms with Crippen LogP contribution in [0.2, 0.25) is 0 Å². The van der Waals surface area contributed by atoms with Crippen molar-refractivity contribution in [3.05, 3.63) is 23.0 Å². The number of rotatable bonds is 4. The van der Waals surface area contributed by atoms with Gasteiger partial charge in [-0.3, -0.25) is 14.4 Å². The van der Waals surface area contributed by atoms with Crippen molar-refractivity contribution in [1.29, 1.82) is 0 Å². The Labute approximate surface area is 197 Å². The largest absolute Gasteiger partial charge is 0.463 e. The second-order valence-electron chi connectivity index (χ2n) is 11.1. The summed E-state index contributed by atoms with van der Waals surface area (Å²) in [7, 11) is 0. The molecule has 7 unspecified atom stereocenters. The zero-order valence-corrected chi connectivity index (χ0v) is 20.9. The molecule has 0 heterocycles. The predicted molar refractivity (Wildman–Crippen MR) is 123 cm³/mol. The first-order chi connectivity index (χ1) is 15.5. The predicted octanol–water partition coefficient (Wildman–Crippen LogP) is 5.26. The average Bonchev–Trinajstić information content (AvgIpc) is 3.03. The van der Waals surface area contributed by atoms with E-state index in [-0.39, 0.29) is 46.9 Å². The van der Waals surface area contributed by atoms with Gasteiger partial charge in [0, 0.05) is 33.1 Å². The Kier molecular flexibility index (Phi) is 6.25. The maximum absolute atomic E-state index is 12.2. The smallest absolute Gasteiger partial charge is 0.307 e. The Morgan fingerprint density at radius 2 is 1.76 bits per heavy atom. The second-order valence-corrected chi connectivity index (χ2v) is 11.1. The van der Waals surface area contributed by atoms with Gasteiger partial charge in [0.25, 0.3) is 0 Å². The van der Waals surface area contributed by atoms with Crippen LogP contribution in [0.3, 0.4) is 0 Å². The van der Waals surface area contributed by atoms with E-state index in [0.29, 0.717) is 18.3 Å². The van der Waals surface area contributed by atoms with Gasteiger partial charge >= 0.3 is 17.9 Å². The van der Waals surface area contributed by atoms with Gasteiger partial charge in [-0.2, -0.15) is 0 Å². The highest BCUT2D eigenvalue weighted by atomic mass is 16.5. The van der Waals surface area contributed by atoms with Crippen LogP contribution in [0.25, 0.3) is 0 Å². The van der Waals surface area contributed by atoms with Gasteiger partial charge in [-0.05, 0) is 79.3 Å². The van der Waals surface area contributed by atoms with Crippen LogP contribution in [0.15, 0.2) is 23.0 Å². The van der Waals surface area contributed by atoms with E-state index in [4.69, 9.17) is 14.2 Å². The van der Waals surface area contributed by atoms with Crippen molar-refractivity contribution in [3.63, 3.8) is 0 Å². The van der Waals surface area contributed by atoms with Crippen LogP contribution >= 0.6 is 0 Å². The first kappa shape index (κ1) is 24.0. The molecule has 6 nitrogen and oxygen atoms in total. The lowest BCUT2D eigenvalue weighted by atomic mass is 9.51. The zero-order valence-electron chi connectivity index (χ0n) is 20.9. The molecule has 182 valence electrons. The van der Waals surface area contributed by atoms with E-state index in [9.17, 15) is 14.4 Å². The molecule has 0 aromatic rings. The lowest BCUT2D eigenvalue weighted by molar-refractivity contribution is -0.152. The van der Waals surface area contributed by atoms with Gasteiger partial charge < -0.3 is 14.2 Å². The van der Waals surface area contributed by atoms with E-state index in [2.05, 4.69) is 19.9 Å². The number of ether oxygens (including phenoxy) is 3. The van der Waals surface area contributed by atoms with E-state index >= 15 is 0 Å². The van der Waals surface area contributed by atoms with Crippen molar-refractivity contribution < 1.29 is 28.6 Å². The van der Waals surface area contributed by atoms with E-state index < -0.39 is 0 Å². The summed E-state index contributed by atoms with van der Waals surface area (Å²) >= 11 is 0. The monoisotopic (exact) mass is 458 g/mol. The quantitative estimate of drug-likeness (QED) is 0.422.